The molecule has 0 aliphatic carbocycles. The molecule has 0 atom stereocenters. The Morgan fingerprint density at radius 3 is 2.39 bits per heavy atom. The van der Waals surface area contributed by atoms with Crippen molar-refractivity contribution in [2.75, 3.05) is 26.2 Å². The van der Waals surface area contributed by atoms with Crippen LogP contribution in [0.1, 0.15) is 19.4 Å². The number of nitrogens with one attached hydrogen (secondary N) is 1. The van der Waals surface area contributed by atoms with Crippen molar-refractivity contribution >= 4 is 5.91 Å². The molecule has 1 aromatic carbocycles. The lowest BCUT2D eigenvalue weighted by Crippen LogP contribution is -2.37. The van der Waals surface area contributed by atoms with E-state index < -0.39 is 0 Å². The van der Waals surface area contributed by atoms with E-state index in [0.717, 1.165) is 25.1 Å². The van der Waals surface area contributed by atoms with Crippen molar-refractivity contribution in [2.24, 2.45) is 0 Å². The Morgan fingerprint density at radius 2 is 1.83 bits per heavy atom. The molecule has 18 heavy (non-hydrogen) atoms. The zero-order valence-corrected chi connectivity index (χ0v) is 11.1. The third kappa shape index (κ3) is 5.27. The van der Waals surface area contributed by atoms with Gasteiger partial charge in [-0.3, -0.25) is 9.69 Å². The fourth-order valence-electron chi connectivity index (χ4n) is 1.70. The highest BCUT2D eigenvalue weighted by Crippen LogP contribution is 2.02. The van der Waals surface area contributed by atoms with Gasteiger partial charge in [0.1, 0.15) is 5.82 Å². The molecular weight excluding hydrogens is 231 g/mol. The summed E-state index contributed by atoms with van der Waals surface area (Å²) in [6, 6.07) is 6.36. The van der Waals surface area contributed by atoms with Crippen molar-refractivity contribution in [2.45, 2.75) is 20.3 Å². The van der Waals surface area contributed by atoms with E-state index in [1.54, 1.807) is 12.1 Å². The van der Waals surface area contributed by atoms with Crippen LogP contribution in [0, 0.1) is 5.82 Å². The molecular formula is C14H21FN2O. The van der Waals surface area contributed by atoms with E-state index >= 15 is 0 Å². The van der Waals surface area contributed by atoms with Crippen LogP contribution >= 0.6 is 0 Å². The second-order valence-corrected chi connectivity index (χ2v) is 4.19. The van der Waals surface area contributed by atoms with Crippen molar-refractivity contribution < 1.29 is 9.18 Å². The van der Waals surface area contributed by atoms with E-state index in [1.165, 1.54) is 12.1 Å². The number of hydrogen-bond acceptors (Lipinski definition) is 2. The monoisotopic (exact) mass is 252 g/mol. The standard InChI is InChI=1S/C14H21FN2O/c1-3-17(4-2)11-14(18)16-10-9-12-5-7-13(15)8-6-12/h5-8H,3-4,9-11H2,1-2H3,(H,16,18). The highest BCUT2D eigenvalue weighted by molar-refractivity contribution is 5.77. The predicted molar refractivity (Wildman–Crippen MR) is 70.9 cm³/mol. The maximum Gasteiger partial charge on any atom is 0.234 e. The Balaban J connectivity index is 2.25. The van der Waals surface area contributed by atoms with Crippen LogP contribution in [0.25, 0.3) is 0 Å². The Morgan fingerprint density at radius 1 is 1.22 bits per heavy atom. The van der Waals surface area contributed by atoms with Crippen LogP contribution < -0.4 is 5.32 Å². The van der Waals surface area contributed by atoms with E-state index in [0.29, 0.717) is 13.1 Å². The Hall–Kier alpha value is -1.42. The molecule has 0 radical (unpaired) electrons. The van der Waals surface area contributed by atoms with Crippen LogP contribution in [0.5, 0.6) is 0 Å². The van der Waals surface area contributed by atoms with Gasteiger partial charge in [-0.15, -0.1) is 0 Å². The van der Waals surface area contributed by atoms with Gasteiger partial charge in [0.2, 0.25) is 5.91 Å². The van der Waals surface area contributed by atoms with Gasteiger partial charge in [-0.25, -0.2) is 4.39 Å². The summed E-state index contributed by atoms with van der Waals surface area (Å²) >= 11 is 0. The van der Waals surface area contributed by atoms with Gasteiger partial charge in [0.25, 0.3) is 0 Å². The largest absolute Gasteiger partial charge is 0.355 e. The number of hydrogen-bond donors (Lipinski definition) is 1. The molecule has 0 aromatic heterocycles. The van der Waals surface area contributed by atoms with E-state index in [2.05, 4.69) is 10.2 Å². The molecule has 1 rings (SSSR count). The number of carbonyl (C=O) groups is 1. The first kappa shape index (κ1) is 14.6. The third-order valence-corrected chi connectivity index (χ3v) is 2.91. The summed E-state index contributed by atoms with van der Waals surface area (Å²) in [4.78, 5) is 13.7. The third-order valence-electron chi connectivity index (χ3n) is 2.91. The lowest BCUT2D eigenvalue weighted by Gasteiger charge is -2.17. The van der Waals surface area contributed by atoms with Gasteiger partial charge in [0.05, 0.1) is 6.54 Å². The lowest BCUT2D eigenvalue weighted by atomic mass is 10.1. The van der Waals surface area contributed by atoms with Gasteiger partial charge in [-0.1, -0.05) is 26.0 Å². The summed E-state index contributed by atoms with van der Waals surface area (Å²) in [6.45, 7) is 6.86. The van der Waals surface area contributed by atoms with Crippen molar-refractivity contribution in [3.8, 4) is 0 Å². The maximum absolute atomic E-state index is 12.7. The summed E-state index contributed by atoms with van der Waals surface area (Å²) in [7, 11) is 0. The summed E-state index contributed by atoms with van der Waals surface area (Å²) < 4.78 is 12.7. The molecule has 1 N–H and O–H groups in total. The summed E-state index contributed by atoms with van der Waals surface area (Å²) in [5, 5.41) is 2.87. The molecule has 3 nitrogen and oxygen atoms in total. The van der Waals surface area contributed by atoms with E-state index in [-0.39, 0.29) is 11.7 Å². The molecule has 0 aliphatic rings. The first-order valence-corrected chi connectivity index (χ1v) is 6.39. The zero-order chi connectivity index (χ0) is 13.4. The molecule has 0 saturated heterocycles. The van der Waals surface area contributed by atoms with Crippen LogP contribution in [-0.4, -0.2) is 37.0 Å². The molecule has 0 saturated carbocycles. The summed E-state index contributed by atoms with van der Waals surface area (Å²) in [5.41, 5.74) is 1.03. The van der Waals surface area contributed by atoms with Crippen LogP contribution in [0.3, 0.4) is 0 Å². The molecule has 0 spiro atoms. The molecule has 1 amide bonds. The van der Waals surface area contributed by atoms with Crippen molar-refractivity contribution in [1.29, 1.82) is 0 Å². The fraction of sp³-hybridized carbons (Fsp3) is 0.500. The number of rotatable bonds is 7. The number of halogens is 1. The van der Waals surface area contributed by atoms with Crippen molar-refractivity contribution in [3.05, 3.63) is 35.6 Å². The first-order valence-electron chi connectivity index (χ1n) is 6.39. The quantitative estimate of drug-likeness (QED) is 0.803. The van der Waals surface area contributed by atoms with Gasteiger partial charge in [-0.05, 0) is 37.2 Å². The highest BCUT2D eigenvalue weighted by Gasteiger charge is 2.06. The highest BCUT2D eigenvalue weighted by atomic mass is 19.1. The average Bonchev–Trinajstić information content (AvgIpc) is 2.38. The smallest absolute Gasteiger partial charge is 0.234 e. The van der Waals surface area contributed by atoms with Crippen molar-refractivity contribution in [1.82, 2.24) is 10.2 Å². The number of nitrogens with zero attached hydrogens (tertiary/aromatic N) is 1. The van der Waals surface area contributed by atoms with Crippen LogP contribution in [-0.2, 0) is 11.2 Å². The minimum absolute atomic E-state index is 0.0424. The minimum atomic E-state index is -0.232. The fourth-order valence-corrected chi connectivity index (χ4v) is 1.70. The van der Waals surface area contributed by atoms with Crippen molar-refractivity contribution in [3.63, 3.8) is 0 Å². The zero-order valence-electron chi connectivity index (χ0n) is 11.1. The van der Waals surface area contributed by atoms with Gasteiger partial charge < -0.3 is 5.32 Å². The van der Waals surface area contributed by atoms with Gasteiger partial charge in [0, 0.05) is 6.54 Å². The van der Waals surface area contributed by atoms with E-state index in [4.69, 9.17) is 0 Å². The molecule has 0 unspecified atom stereocenters. The van der Waals surface area contributed by atoms with Gasteiger partial charge >= 0.3 is 0 Å². The molecule has 0 heterocycles. The topological polar surface area (TPSA) is 32.3 Å². The summed E-state index contributed by atoms with van der Waals surface area (Å²) in [6.07, 6.45) is 0.726. The number of likely N-dealkylation sites (N-methyl/N-ethyl adjacent to an activating group) is 1. The lowest BCUT2D eigenvalue weighted by molar-refractivity contribution is -0.122. The predicted octanol–water partition coefficient (Wildman–Crippen LogP) is 1.83. The molecule has 1 aromatic rings. The average molecular weight is 252 g/mol. The molecule has 4 heteroatoms. The maximum atomic E-state index is 12.7. The minimum Gasteiger partial charge on any atom is -0.355 e. The summed E-state index contributed by atoms with van der Waals surface area (Å²) in [5.74, 6) is -0.190. The van der Waals surface area contributed by atoms with E-state index in [1.807, 2.05) is 13.8 Å². The second-order valence-electron chi connectivity index (χ2n) is 4.19. The Bertz CT molecular complexity index is 361. The molecule has 0 bridgehead atoms. The molecule has 100 valence electrons. The van der Waals surface area contributed by atoms with Crippen LogP contribution in [0.15, 0.2) is 24.3 Å². The first-order chi connectivity index (χ1) is 8.65. The Labute approximate surface area is 108 Å². The normalized spacial score (nSPS) is 10.7. The Kier molecular flexibility index (Phi) is 6.36. The number of carbonyl (C=O) groups excluding carboxylic acids is 1. The second kappa shape index (κ2) is 7.82. The van der Waals surface area contributed by atoms with Gasteiger partial charge in [-0.2, -0.15) is 0 Å². The molecule has 0 aliphatic heterocycles. The van der Waals surface area contributed by atoms with E-state index in [9.17, 15) is 9.18 Å². The number of benzene rings is 1. The SMILES string of the molecule is CCN(CC)CC(=O)NCCc1ccc(F)cc1. The van der Waals surface area contributed by atoms with Gasteiger partial charge in [0.15, 0.2) is 0 Å². The van der Waals surface area contributed by atoms with Crippen LogP contribution in [0.2, 0.25) is 0 Å². The number of amides is 1. The van der Waals surface area contributed by atoms with Crippen LogP contribution in [0.4, 0.5) is 4.39 Å². The molecule has 0 fully saturated rings.